The topological polar surface area (TPSA) is 74.8 Å². The monoisotopic (exact) mass is 971 g/mol. The zero-order valence-corrected chi connectivity index (χ0v) is 40.7. The average molecular weight is 972 g/mol. The van der Waals surface area contributed by atoms with Crippen LogP contribution in [0.4, 0.5) is 0 Å². The predicted octanol–water partition coefficient (Wildman–Crippen LogP) is 18.2. The fourth-order valence-corrected chi connectivity index (χ4v) is 11.7. The van der Waals surface area contributed by atoms with Crippen LogP contribution in [-0.2, 0) is 0 Å². The first-order valence-electron chi connectivity index (χ1n) is 25.6. The van der Waals surface area contributed by atoms with Gasteiger partial charge < -0.3 is 13.4 Å². The van der Waals surface area contributed by atoms with E-state index >= 15 is 0 Å². The van der Waals surface area contributed by atoms with E-state index in [-0.39, 0.29) is 0 Å². The number of benzene rings is 11. The standard InChI is InChI=1S/C69H41N5O2/c1-3-15-42(16-4-1)44-19-13-20-49(37-44)73-58-25-10-7-21-50(58)55-39-46(31-34-60(55)73)47-32-36-63-57(40-47)66-54(24-14-28-64(66)75-63)68-70-67(48-29-33-53-52-23-9-12-27-62(52)76-65(53)41-48)71-69(72-68)74-59-26-11-8-22-51(59)56-38-45(30-35-61(56)74)43-17-5-2-6-18-43/h1-41H. The van der Waals surface area contributed by atoms with E-state index in [0.717, 1.165) is 116 Å². The summed E-state index contributed by atoms with van der Waals surface area (Å²) in [4.78, 5) is 16.2. The Kier molecular flexibility index (Phi) is 9.20. The maximum absolute atomic E-state index is 6.69. The number of rotatable bonds is 7. The Hall–Kier alpha value is -10.4. The molecule has 7 nitrogen and oxygen atoms in total. The van der Waals surface area contributed by atoms with Crippen molar-refractivity contribution in [2.75, 3.05) is 0 Å². The number of para-hydroxylation sites is 3. The highest BCUT2D eigenvalue weighted by Gasteiger charge is 2.23. The van der Waals surface area contributed by atoms with Gasteiger partial charge in [-0.3, -0.25) is 4.57 Å². The molecule has 16 rings (SSSR count). The van der Waals surface area contributed by atoms with Crippen molar-refractivity contribution in [3.8, 4) is 67.8 Å². The quantitative estimate of drug-likeness (QED) is 0.159. The molecular weight excluding hydrogens is 931 g/mol. The fourth-order valence-electron chi connectivity index (χ4n) is 11.7. The second-order valence-corrected chi connectivity index (χ2v) is 19.5. The van der Waals surface area contributed by atoms with Gasteiger partial charge >= 0.3 is 0 Å². The molecule has 0 aliphatic heterocycles. The highest BCUT2D eigenvalue weighted by Crippen LogP contribution is 2.42. The summed E-state index contributed by atoms with van der Waals surface area (Å²) in [5.74, 6) is 1.56. The molecule has 0 N–H and O–H groups in total. The van der Waals surface area contributed by atoms with Crippen molar-refractivity contribution in [3.05, 3.63) is 249 Å². The number of hydrogen-bond acceptors (Lipinski definition) is 5. The maximum Gasteiger partial charge on any atom is 0.238 e. The number of fused-ring (bicyclic) bond motifs is 12. The zero-order valence-electron chi connectivity index (χ0n) is 40.7. The van der Waals surface area contributed by atoms with Gasteiger partial charge in [-0.25, -0.2) is 4.98 Å². The minimum Gasteiger partial charge on any atom is -0.456 e. The number of furan rings is 2. The highest BCUT2D eigenvalue weighted by molar-refractivity contribution is 6.15. The van der Waals surface area contributed by atoms with E-state index in [4.69, 9.17) is 23.8 Å². The summed E-state index contributed by atoms with van der Waals surface area (Å²) in [6.45, 7) is 0. The lowest BCUT2D eigenvalue weighted by Gasteiger charge is -2.12. The van der Waals surface area contributed by atoms with Gasteiger partial charge in [-0.1, -0.05) is 164 Å². The van der Waals surface area contributed by atoms with Crippen LogP contribution in [0.5, 0.6) is 0 Å². The summed E-state index contributed by atoms with van der Waals surface area (Å²) in [7, 11) is 0. The first-order chi connectivity index (χ1) is 37.6. The van der Waals surface area contributed by atoms with Crippen LogP contribution in [0.1, 0.15) is 0 Å². The molecule has 0 bridgehead atoms. The van der Waals surface area contributed by atoms with Crippen molar-refractivity contribution in [2.24, 2.45) is 0 Å². The Bertz CT molecular complexity index is 5000. The second-order valence-electron chi connectivity index (χ2n) is 19.5. The van der Waals surface area contributed by atoms with Crippen molar-refractivity contribution < 1.29 is 8.83 Å². The molecule has 5 heterocycles. The van der Waals surface area contributed by atoms with Crippen molar-refractivity contribution in [1.82, 2.24) is 24.1 Å². The predicted molar refractivity (Wildman–Crippen MR) is 310 cm³/mol. The molecule has 0 radical (unpaired) electrons. The van der Waals surface area contributed by atoms with Crippen molar-refractivity contribution in [1.29, 1.82) is 0 Å². The lowest BCUT2D eigenvalue weighted by atomic mass is 9.99. The van der Waals surface area contributed by atoms with E-state index in [1.54, 1.807) is 0 Å². The Labute approximate surface area is 434 Å². The van der Waals surface area contributed by atoms with Crippen LogP contribution in [0.25, 0.3) is 155 Å². The van der Waals surface area contributed by atoms with Gasteiger partial charge in [0.25, 0.3) is 0 Å². The number of hydrogen-bond donors (Lipinski definition) is 0. The van der Waals surface area contributed by atoms with Crippen molar-refractivity contribution in [3.63, 3.8) is 0 Å². The molecule has 0 amide bonds. The molecule has 5 aromatic heterocycles. The minimum atomic E-state index is 0.508. The maximum atomic E-state index is 6.69. The summed E-state index contributed by atoms with van der Waals surface area (Å²) < 4.78 is 17.7. The van der Waals surface area contributed by atoms with E-state index in [9.17, 15) is 0 Å². The molecule has 0 saturated carbocycles. The number of aromatic nitrogens is 5. The van der Waals surface area contributed by atoms with Crippen LogP contribution in [-0.4, -0.2) is 24.1 Å². The molecule has 0 fully saturated rings. The van der Waals surface area contributed by atoms with Gasteiger partial charge in [0, 0.05) is 59.9 Å². The molecule has 0 unspecified atom stereocenters. The van der Waals surface area contributed by atoms with Crippen molar-refractivity contribution >= 4 is 87.5 Å². The van der Waals surface area contributed by atoms with Gasteiger partial charge in [0.1, 0.15) is 22.3 Å². The van der Waals surface area contributed by atoms with E-state index in [0.29, 0.717) is 17.6 Å². The van der Waals surface area contributed by atoms with Crippen LogP contribution >= 0.6 is 0 Å². The summed E-state index contributed by atoms with van der Waals surface area (Å²) in [5, 5.41) is 8.61. The fraction of sp³-hybridized carbons (Fsp3) is 0. The van der Waals surface area contributed by atoms with Gasteiger partial charge in [0.15, 0.2) is 11.6 Å². The third kappa shape index (κ3) is 6.59. The molecule has 0 saturated heterocycles. The minimum absolute atomic E-state index is 0.508. The molecule has 354 valence electrons. The first-order valence-corrected chi connectivity index (χ1v) is 25.6. The van der Waals surface area contributed by atoms with Crippen LogP contribution in [0, 0.1) is 0 Å². The first kappa shape index (κ1) is 42.2. The summed E-state index contributed by atoms with van der Waals surface area (Å²) in [5.41, 5.74) is 17.1. The summed E-state index contributed by atoms with van der Waals surface area (Å²) >= 11 is 0. The van der Waals surface area contributed by atoms with Gasteiger partial charge in [-0.05, 0) is 118 Å². The van der Waals surface area contributed by atoms with Gasteiger partial charge in [-0.15, -0.1) is 0 Å². The molecule has 0 aliphatic rings. The lowest BCUT2D eigenvalue weighted by Crippen LogP contribution is -2.06. The third-order valence-corrected chi connectivity index (χ3v) is 15.2. The molecule has 11 aromatic carbocycles. The normalized spacial score (nSPS) is 11.9. The van der Waals surface area contributed by atoms with Crippen molar-refractivity contribution in [2.45, 2.75) is 0 Å². The lowest BCUT2D eigenvalue weighted by molar-refractivity contribution is 0.668. The SMILES string of the molecule is c1ccc(-c2cccc(-n3c4ccccc4c4cc(-c5ccc6oc7cccc(-c8nc(-c9ccc%10c(c9)oc9ccccc9%10)nc(-n9c%10ccccc%10c%10cc(-c%11ccccc%11)ccc%109)n8)c7c6c5)ccc43)c2)cc1. The second kappa shape index (κ2) is 16.6. The molecule has 0 atom stereocenters. The Morgan fingerprint density at radius 2 is 0.763 bits per heavy atom. The average Bonchev–Trinajstić information content (AvgIpc) is 4.27. The van der Waals surface area contributed by atoms with E-state index in [1.807, 2.05) is 36.4 Å². The Morgan fingerprint density at radius 3 is 1.51 bits per heavy atom. The smallest absolute Gasteiger partial charge is 0.238 e. The molecule has 0 spiro atoms. The Balaban J connectivity index is 0.880. The molecule has 16 aromatic rings. The van der Waals surface area contributed by atoms with E-state index in [1.165, 1.54) is 21.9 Å². The molecular formula is C69H41N5O2. The van der Waals surface area contributed by atoms with Crippen LogP contribution in [0.2, 0.25) is 0 Å². The zero-order chi connectivity index (χ0) is 49.8. The summed E-state index contributed by atoms with van der Waals surface area (Å²) in [6, 6.07) is 87.6. The molecule has 0 aliphatic carbocycles. The van der Waals surface area contributed by atoms with E-state index in [2.05, 4.69) is 221 Å². The van der Waals surface area contributed by atoms with Gasteiger partial charge in [-0.2, -0.15) is 9.97 Å². The van der Waals surface area contributed by atoms with E-state index < -0.39 is 0 Å². The van der Waals surface area contributed by atoms with Gasteiger partial charge in [0.2, 0.25) is 5.95 Å². The summed E-state index contributed by atoms with van der Waals surface area (Å²) in [6.07, 6.45) is 0. The Morgan fingerprint density at radius 1 is 0.263 bits per heavy atom. The van der Waals surface area contributed by atoms with Crippen LogP contribution in [0.15, 0.2) is 258 Å². The molecule has 7 heteroatoms. The largest absolute Gasteiger partial charge is 0.456 e. The van der Waals surface area contributed by atoms with Crippen LogP contribution in [0.3, 0.4) is 0 Å². The highest BCUT2D eigenvalue weighted by atomic mass is 16.3. The third-order valence-electron chi connectivity index (χ3n) is 15.2. The van der Waals surface area contributed by atoms with Gasteiger partial charge in [0.05, 0.1) is 22.1 Å². The van der Waals surface area contributed by atoms with Crippen LogP contribution < -0.4 is 0 Å². The number of nitrogens with zero attached hydrogens (tertiary/aromatic N) is 5. The molecule has 76 heavy (non-hydrogen) atoms.